The lowest BCUT2D eigenvalue weighted by Crippen LogP contribution is -2.11. The zero-order valence-electron chi connectivity index (χ0n) is 11.6. The van der Waals surface area contributed by atoms with Gasteiger partial charge in [-0.05, 0) is 11.6 Å². The Morgan fingerprint density at radius 1 is 1.15 bits per heavy atom. The van der Waals surface area contributed by atoms with Crippen LogP contribution in [0.15, 0.2) is 29.6 Å². The Balaban J connectivity index is 2.20. The molecule has 0 unspecified atom stereocenters. The largest absolute Gasteiger partial charge is 0.416 e. The van der Waals surface area contributed by atoms with E-state index in [0.29, 0.717) is 12.0 Å². The summed E-state index contributed by atoms with van der Waals surface area (Å²) in [4.78, 5) is 4.51. The van der Waals surface area contributed by atoms with E-state index in [9.17, 15) is 13.2 Å². The number of thiazole rings is 1. The van der Waals surface area contributed by atoms with E-state index in [1.54, 1.807) is 6.07 Å². The van der Waals surface area contributed by atoms with Gasteiger partial charge in [-0.2, -0.15) is 13.2 Å². The number of halogens is 3. The lowest BCUT2D eigenvalue weighted by Gasteiger charge is -2.14. The molecule has 108 valence electrons. The molecule has 0 aliphatic heterocycles. The Hall–Kier alpha value is -1.36. The third kappa shape index (κ3) is 3.60. The summed E-state index contributed by atoms with van der Waals surface area (Å²) in [5, 5.41) is 2.82. The Kier molecular flexibility index (Phi) is 3.91. The maximum atomic E-state index is 12.7. The highest BCUT2D eigenvalue weighted by atomic mass is 32.1. The summed E-state index contributed by atoms with van der Waals surface area (Å²) in [5.41, 5.74) is 0.962. The molecule has 2 rings (SSSR count). The van der Waals surface area contributed by atoms with Crippen LogP contribution in [0.25, 0.3) is 0 Å². The maximum absolute atomic E-state index is 12.7. The summed E-state index contributed by atoms with van der Waals surface area (Å²) in [6.45, 7) is 6.20. The van der Waals surface area contributed by atoms with Crippen LogP contribution in [0.2, 0.25) is 0 Å². The molecule has 20 heavy (non-hydrogen) atoms. The summed E-state index contributed by atoms with van der Waals surface area (Å²) in [6.07, 6.45) is -3.86. The molecule has 1 aromatic heterocycles. The number of aromatic nitrogens is 1. The predicted molar refractivity (Wildman–Crippen MR) is 75.1 cm³/mol. The van der Waals surface area contributed by atoms with E-state index in [2.05, 4.69) is 25.8 Å². The molecule has 0 saturated heterocycles. The minimum atomic E-state index is -4.30. The van der Waals surface area contributed by atoms with Crippen LogP contribution in [0.1, 0.15) is 42.6 Å². The lowest BCUT2D eigenvalue weighted by molar-refractivity contribution is -0.137. The van der Waals surface area contributed by atoms with E-state index in [-0.39, 0.29) is 5.41 Å². The molecule has 0 spiro atoms. The number of alkyl halides is 3. The molecule has 0 fully saturated rings. The summed E-state index contributed by atoms with van der Waals surface area (Å²) in [7, 11) is 0. The van der Waals surface area contributed by atoms with E-state index < -0.39 is 11.7 Å². The molecule has 1 aromatic carbocycles. The molecule has 2 aromatic rings. The summed E-state index contributed by atoms with van der Waals surface area (Å²) in [5.74, 6) is 0. The molecule has 5 heteroatoms. The van der Waals surface area contributed by atoms with Crippen LogP contribution in [0.4, 0.5) is 13.2 Å². The molecule has 0 N–H and O–H groups in total. The van der Waals surface area contributed by atoms with Crippen molar-refractivity contribution in [3.8, 4) is 0 Å². The highest BCUT2D eigenvalue weighted by Gasteiger charge is 2.30. The minimum absolute atomic E-state index is 0.0391. The van der Waals surface area contributed by atoms with Gasteiger partial charge in [0.2, 0.25) is 0 Å². The Bertz CT molecular complexity index is 594. The van der Waals surface area contributed by atoms with Gasteiger partial charge in [-0.1, -0.05) is 39.0 Å². The lowest BCUT2D eigenvalue weighted by atomic mass is 9.93. The van der Waals surface area contributed by atoms with Crippen molar-refractivity contribution in [2.75, 3.05) is 0 Å². The highest BCUT2D eigenvalue weighted by Crippen LogP contribution is 2.30. The van der Waals surface area contributed by atoms with Crippen LogP contribution in [0, 0.1) is 0 Å². The van der Waals surface area contributed by atoms with Gasteiger partial charge in [0.1, 0.15) is 0 Å². The zero-order chi connectivity index (χ0) is 15.0. The first-order valence-corrected chi connectivity index (χ1v) is 7.15. The average molecular weight is 299 g/mol. The fourth-order valence-corrected chi connectivity index (χ4v) is 2.82. The fraction of sp³-hybridized carbons (Fsp3) is 0.400. The number of hydrogen-bond acceptors (Lipinski definition) is 2. The molecular weight excluding hydrogens is 283 g/mol. The van der Waals surface area contributed by atoms with Crippen LogP contribution in [0.5, 0.6) is 0 Å². The molecule has 0 aliphatic rings. The Labute approximate surface area is 120 Å². The molecule has 1 nitrogen and oxygen atoms in total. The SMILES string of the molecule is CC(C)(C)c1csc(Cc2cccc(C(F)(F)F)c2)n1. The molecule has 0 bridgehead atoms. The molecular formula is C15H16F3NS. The van der Waals surface area contributed by atoms with Crippen molar-refractivity contribution < 1.29 is 13.2 Å². The van der Waals surface area contributed by atoms with Gasteiger partial charge >= 0.3 is 6.18 Å². The third-order valence-electron chi connectivity index (χ3n) is 2.93. The van der Waals surface area contributed by atoms with Gasteiger partial charge in [0.25, 0.3) is 0 Å². The molecule has 0 amide bonds. The van der Waals surface area contributed by atoms with Crippen LogP contribution in [-0.2, 0) is 18.0 Å². The van der Waals surface area contributed by atoms with E-state index in [4.69, 9.17) is 0 Å². The Morgan fingerprint density at radius 3 is 2.40 bits per heavy atom. The van der Waals surface area contributed by atoms with E-state index in [1.165, 1.54) is 23.5 Å². The molecule has 1 heterocycles. The van der Waals surface area contributed by atoms with E-state index in [1.807, 2.05) is 5.38 Å². The van der Waals surface area contributed by atoms with Gasteiger partial charge in [-0.25, -0.2) is 4.98 Å². The second-order valence-corrected chi connectivity index (χ2v) is 6.69. The quantitative estimate of drug-likeness (QED) is 0.756. The van der Waals surface area contributed by atoms with Gasteiger partial charge in [0.15, 0.2) is 0 Å². The van der Waals surface area contributed by atoms with Gasteiger partial charge in [-0.15, -0.1) is 11.3 Å². The smallest absolute Gasteiger partial charge is 0.245 e. The monoisotopic (exact) mass is 299 g/mol. The predicted octanol–water partition coefficient (Wildman–Crippen LogP) is 5.05. The van der Waals surface area contributed by atoms with Gasteiger partial charge in [-0.3, -0.25) is 0 Å². The van der Waals surface area contributed by atoms with Gasteiger partial charge in [0.05, 0.1) is 16.3 Å². The van der Waals surface area contributed by atoms with Crippen molar-refractivity contribution in [1.82, 2.24) is 4.98 Å². The normalized spacial score (nSPS) is 12.7. The van der Waals surface area contributed by atoms with Crippen molar-refractivity contribution >= 4 is 11.3 Å². The van der Waals surface area contributed by atoms with Gasteiger partial charge < -0.3 is 0 Å². The van der Waals surface area contributed by atoms with Crippen LogP contribution >= 0.6 is 11.3 Å². The number of rotatable bonds is 2. The molecule has 0 atom stereocenters. The first-order valence-electron chi connectivity index (χ1n) is 6.27. The average Bonchev–Trinajstić information content (AvgIpc) is 2.76. The molecule has 0 aliphatic carbocycles. The van der Waals surface area contributed by atoms with Crippen LogP contribution in [0.3, 0.4) is 0 Å². The van der Waals surface area contributed by atoms with Crippen molar-refractivity contribution in [3.05, 3.63) is 51.5 Å². The molecule has 0 saturated carbocycles. The van der Waals surface area contributed by atoms with Crippen molar-refractivity contribution in [2.24, 2.45) is 0 Å². The first-order chi connectivity index (χ1) is 9.16. The highest BCUT2D eigenvalue weighted by molar-refractivity contribution is 7.09. The standard InChI is InChI=1S/C15H16F3NS/c1-14(2,3)12-9-20-13(19-12)8-10-5-4-6-11(7-10)15(16,17)18/h4-7,9H,8H2,1-3H3. The van der Waals surface area contributed by atoms with Crippen molar-refractivity contribution in [3.63, 3.8) is 0 Å². The van der Waals surface area contributed by atoms with E-state index >= 15 is 0 Å². The maximum Gasteiger partial charge on any atom is 0.416 e. The number of hydrogen-bond donors (Lipinski definition) is 0. The van der Waals surface area contributed by atoms with Gasteiger partial charge in [0, 0.05) is 17.2 Å². The third-order valence-corrected chi connectivity index (χ3v) is 3.78. The first kappa shape index (κ1) is 15.0. The summed E-state index contributed by atoms with van der Waals surface area (Å²) in [6, 6.07) is 5.42. The van der Waals surface area contributed by atoms with Crippen LogP contribution in [-0.4, -0.2) is 4.98 Å². The zero-order valence-corrected chi connectivity index (χ0v) is 12.4. The van der Waals surface area contributed by atoms with Crippen molar-refractivity contribution in [2.45, 2.75) is 38.8 Å². The number of benzene rings is 1. The topological polar surface area (TPSA) is 12.9 Å². The summed E-state index contributed by atoms with van der Waals surface area (Å²) >= 11 is 1.49. The van der Waals surface area contributed by atoms with Crippen LogP contribution < -0.4 is 0 Å². The summed E-state index contributed by atoms with van der Waals surface area (Å²) < 4.78 is 38.0. The Morgan fingerprint density at radius 2 is 1.85 bits per heavy atom. The second kappa shape index (κ2) is 5.20. The van der Waals surface area contributed by atoms with Crippen molar-refractivity contribution in [1.29, 1.82) is 0 Å². The number of nitrogens with zero attached hydrogens (tertiary/aromatic N) is 1. The minimum Gasteiger partial charge on any atom is -0.245 e. The van der Waals surface area contributed by atoms with E-state index in [0.717, 1.165) is 16.8 Å². The fourth-order valence-electron chi connectivity index (χ4n) is 1.77. The second-order valence-electron chi connectivity index (χ2n) is 5.75. The molecule has 0 radical (unpaired) electrons.